The van der Waals surface area contributed by atoms with Crippen molar-refractivity contribution >= 4 is 46.4 Å². The Hall–Kier alpha value is -5.78. The zero-order valence-corrected chi connectivity index (χ0v) is 40.1. The molecule has 0 aliphatic rings. The lowest BCUT2D eigenvalue weighted by Crippen LogP contribution is -2.33. The highest BCUT2D eigenvalue weighted by Gasteiger charge is 2.48. The zero-order valence-electron chi connectivity index (χ0n) is 38.3. The van der Waals surface area contributed by atoms with E-state index in [-0.39, 0.29) is 0 Å². The first-order chi connectivity index (χ1) is 32.2. The molecule has 0 spiro atoms. The number of hydrogen-bond acceptors (Lipinski definition) is 2. The fraction of sp³-hybridized carbons (Fsp3) is 0.213. The van der Waals surface area contributed by atoms with E-state index in [2.05, 4.69) is 225 Å². The molecule has 0 amide bonds. The Bertz CT molecular complexity index is 2440. The molecule has 0 aliphatic carbocycles. The van der Waals surface area contributed by atoms with Crippen LogP contribution in [-0.2, 0) is 12.3 Å². The molecule has 0 aromatic heterocycles. The Labute approximate surface area is 390 Å². The van der Waals surface area contributed by atoms with E-state index in [1.54, 1.807) is 0 Å². The van der Waals surface area contributed by atoms with E-state index in [1.807, 2.05) is 7.11 Å². The summed E-state index contributed by atoms with van der Waals surface area (Å²) in [6, 6.07) is 81.0. The van der Waals surface area contributed by atoms with Crippen molar-refractivity contribution in [3.63, 3.8) is 0 Å². The van der Waals surface area contributed by atoms with Crippen LogP contribution >= 0.6 is 14.5 Å². The molecule has 8 aromatic rings. The van der Waals surface area contributed by atoms with Gasteiger partial charge in [-0.2, -0.15) is 0 Å². The van der Waals surface area contributed by atoms with Gasteiger partial charge in [-0.15, -0.1) is 0 Å². The molecule has 0 saturated heterocycles. The monoisotopic (exact) mass is 890 g/mol. The Kier molecular flexibility index (Phi) is 16.1. The molecule has 8 aromatic carbocycles. The van der Waals surface area contributed by atoms with Gasteiger partial charge >= 0.3 is 0 Å². The van der Waals surface area contributed by atoms with E-state index in [0.29, 0.717) is 0 Å². The molecule has 2 nitrogen and oxygen atoms in total. The van der Waals surface area contributed by atoms with Crippen LogP contribution in [0.5, 0.6) is 11.5 Å². The number of hydrogen-bond donors (Lipinski definition) is 0. The minimum absolute atomic E-state index is 0.724. The van der Waals surface area contributed by atoms with Crippen LogP contribution in [-0.4, -0.2) is 13.7 Å². The molecule has 0 unspecified atom stereocenters. The summed E-state index contributed by atoms with van der Waals surface area (Å²) in [7, 11) is -2.70. The van der Waals surface area contributed by atoms with Crippen LogP contribution in [0.1, 0.15) is 69.4 Å². The second-order valence-electron chi connectivity index (χ2n) is 17.1. The minimum atomic E-state index is -2.28. The highest BCUT2D eigenvalue weighted by Crippen LogP contribution is 2.62. The molecular weight excluding hydrogens is 827 g/mol. The van der Waals surface area contributed by atoms with Crippen LogP contribution in [0, 0.1) is 0 Å². The average Bonchev–Trinajstić information content (AvgIpc) is 3.38. The van der Waals surface area contributed by atoms with Crippen LogP contribution in [0.2, 0.25) is 0 Å². The first kappa shape index (κ1) is 45.8. The van der Waals surface area contributed by atoms with Gasteiger partial charge in [-0.25, -0.2) is 0 Å². The van der Waals surface area contributed by atoms with Crippen molar-refractivity contribution < 1.29 is 9.47 Å². The lowest BCUT2D eigenvalue weighted by Gasteiger charge is -2.30. The molecule has 0 radical (unpaired) electrons. The quantitative estimate of drug-likeness (QED) is 0.0499. The molecular formula is C61H64O2P2+2. The molecule has 0 bridgehead atoms. The predicted molar refractivity (Wildman–Crippen MR) is 284 cm³/mol. The predicted octanol–water partition coefficient (Wildman–Crippen LogP) is 13.9. The second kappa shape index (κ2) is 22.9. The van der Waals surface area contributed by atoms with Crippen LogP contribution in [0.15, 0.2) is 218 Å². The number of methoxy groups -OCH3 is 1. The molecule has 4 heteroatoms. The van der Waals surface area contributed by atoms with E-state index in [1.165, 1.54) is 93.5 Å². The van der Waals surface area contributed by atoms with Gasteiger partial charge in [-0.1, -0.05) is 173 Å². The first-order valence-corrected chi connectivity index (χ1v) is 27.6. The van der Waals surface area contributed by atoms with Crippen LogP contribution in [0.3, 0.4) is 0 Å². The maximum atomic E-state index is 6.60. The largest absolute Gasteiger partial charge is 0.496 e. The van der Waals surface area contributed by atoms with Gasteiger partial charge in [-0.3, -0.25) is 0 Å². The van der Waals surface area contributed by atoms with E-state index < -0.39 is 14.5 Å². The third-order valence-corrected chi connectivity index (χ3v) is 21.6. The first-order valence-electron chi connectivity index (χ1n) is 23.7. The molecule has 0 fully saturated rings. The van der Waals surface area contributed by atoms with Crippen molar-refractivity contribution in [1.29, 1.82) is 0 Å². The molecule has 0 saturated carbocycles. The zero-order chi connectivity index (χ0) is 44.6. The Morgan fingerprint density at radius 2 is 0.754 bits per heavy atom. The molecule has 65 heavy (non-hydrogen) atoms. The number of rotatable bonds is 22. The van der Waals surface area contributed by atoms with Gasteiger partial charge in [0.2, 0.25) is 0 Å². The maximum Gasteiger partial charge on any atom is 0.126 e. The summed E-state index contributed by atoms with van der Waals surface area (Å²) in [4.78, 5) is 0. The summed E-state index contributed by atoms with van der Waals surface area (Å²) < 4.78 is 13.2. The van der Waals surface area contributed by atoms with E-state index >= 15 is 0 Å². The van der Waals surface area contributed by atoms with Gasteiger partial charge in [0.15, 0.2) is 0 Å². The summed E-state index contributed by atoms with van der Waals surface area (Å²) in [6.45, 7) is 3.01. The minimum Gasteiger partial charge on any atom is -0.496 e. The van der Waals surface area contributed by atoms with E-state index in [0.717, 1.165) is 42.4 Å². The summed E-state index contributed by atoms with van der Waals surface area (Å²) >= 11 is 0. The van der Waals surface area contributed by atoms with Crippen LogP contribution < -0.4 is 41.3 Å². The van der Waals surface area contributed by atoms with Gasteiger partial charge in [0.1, 0.15) is 64.0 Å². The SMILES string of the molecule is CCCCCCCCCCOc1cccc(-c2cc(C[P+](c3ccccc3)(c3ccccc3)c3ccccc3)c(OC)cc2C[P+](c2ccccc2)(c2ccccc2)c2ccccc2)c1. The summed E-state index contributed by atoms with van der Waals surface area (Å²) in [5.41, 5.74) is 4.84. The van der Waals surface area contributed by atoms with Gasteiger partial charge in [-0.05, 0) is 115 Å². The van der Waals surface area contributed by atoms with Crippen molar-refractivity contribution in [3.8, 4) is 22.6 Å². The average molecular weight is 891 g/mol. The Morgan fingerprint density at radius 3 is 1.15 bits per heavy atom. The van der Waals surface area contributed by atoms with Gasteiger partial charge in [0, 0.05) is 11.1 Å². The summed E-state index contributed by atoms with van der Waals surface area (Å²) in [6.07, 6.45) is 11.8. The standard InChI is InChI=1S/C61H64O2P2/c1-3-4-5-6-7-8-9-28-44-63-53-31-29-30-50(45-53)60-46-52(49-65(57-38-22-13-23-39-57,58-40-24-14-25-41-58)59-42-26-15-27-43-59)61(62-2)47-51(60)48-64(54-32-16-10-17-33-54,55-34-18-11-19-35-55)56-36-20-12-21-37-56/h10-27,29-43,45-47H,3-9,28,44,48-49H2,1-2H3/q+2. The van der Waals surface area contributed by atoms with Gasteiger partial charge in [0.05, 0.1) is 19.9 Å². The van der Waals surface area contributed by atoms with Crippen LogP contribution in [0.4, 0.5) is 0 Å². The topological polar surface area (TPSA) is 18.5 Å². The van der Waals surface area contributed by atoms with Crippen molar-refractivity contribution in [2.24, 2.45) is 0 Å². The fourth-order valence-electron chi connectivity index (χ4n) is 9.61. The third-order valence-electron chi connectivity index (χ3n) is 12.9. The fourth-order valence-corrected chi connectivity index (χ4v) is 18.1. The summed E-state index contributed by atoms with van der Waals surface area (Å²) in [5.74, 6) is 1.84. The lowest BCUT2D eigenvalue weighted by molar-refractivity contribution is 0.304. The highest BCUT2D eigenvalue weighted by atomic mass is 31.2. The normalized spacial score (nSPS) is 11.6. The van der Waals surface area contributed by atoms with Crippen molar-refractivity contribution in [2.75, 3.05) is 13.7 Å². The second-order valence-corrected chi connectivity index (χ2v) is 24.1. The Morgan fingerprint density at radius 1 is 0.369 bits per heavy atom. The van der Waals surface area contributed by atoms with E-state index in [4.69, 9.17) is 9.47 Å². The molecule has 0 N–H and O–H groups in total. The van der Waals surface area contributed by atoms with Gasteiger partial charge < -0.3 is 9.47 Å². The van der Waals surface area contributed by atoms with Crippen molar-refractivity contribution in [1.82, 2.24) is 0 Å². The van der Waals surface area contributed by atoms with Crippen molar-refractivity contribution in [3.05, 3.63) is 230 Å². The number of unbranched alkanes of at least 4 members (excludes halogenated alkanes) is 7. The number of benzene rings is 8. The molecule has 0 atom stereocenters. The molecule has 0 heterocycles. The van der Waals surface area contributed by atoms with Gasteiger partial charge in [0.25, 0.3) is 0 Å². The highest BCUT2D eigenvalue weighted by molar-refractivity contribution is 7.95. The Balaban J connectivity index is 1.29. The smallest absolute Gasteiger partial charge is 0.126 e. The molecule has 0 aliphatic heterocycles. The molecule has 8 rings (SSSR count). The van der Waals surface area contributed by atoms with Crippen LogP contribution in [0.25, 0.3) is 11.1 Å². The van der Waals surface area contributed by atoms with Crippen molar-refractivity contribution in [2.45, 2.75) is 70.6 Å². The third kappa shape index (κ3) is 10.7. The van der Waals surface area contributed by atoms with E-state index in [9.17, 15) is 0 Å². The summed E-state index contributed by atoms with van der Waals surface area (Å²) in [5, 5.41) is 8.12. The molecule has 328 valence electrons. The number of ether oxygens (including phenoxy) is 2. The maximum absolute atomic E-state index is 6.60. The lowest BCUT2D eigenvalue weighted by atomic mass is 9.97.